The maximum atomic E-state index is 14.0. The molecule has 2 atom stereocenters. The summed E-state index contributed by atoms with van der Waals surface area (Å²) in [4.78, 5) is 53.7. The first-order chi connectivity index (χ1) is 20.8. The molecule has 43 heavy (non-hydrogen) atoms. The van der Waals surface area contributed by atoms with Gasteiger partial charge in [0, 0.05) is 25.7 Å². The van der Waals surface area contributed by atoms with Gasteiger partial charge < -0.3 is 25.4 Å². The first kappa shape index (κ1) is 29.8. The SMILES string of the molecule is COc1ccccc1C(=O)NC1CCN(C(=O)[C@H]2CC[C@@](C(=O)NCCC(=O)O)(c3ccccc3)c3ccccc32)CC1. The predicted molar refractivity (Wildman–Crippen MR) is 161 cm³/mol. The standard InChI is InChI=1S/C34H37N3O6/c1-43-29-14-8-6-12-27(29)31(40)36-24-17-21-37(22-18-24)32(41)26-15-19-34(23-9-3-2-4-10-23,28-13-7-5-11-25(26)28)33(42)35-20-16-30(38)39/h2-14,24,26H,15-22H2,1H3,(H,35,42)(H,36,40)(H,38,39)/t26-,34+/m0/s1. The molecule has 0 radical (unpaired) electrons. The summed E-state index contributed by atoms with van der Waals surface area (Å²) in [7, 11) is 1.54. The smallest absolute Gasteiger partial charge is 0.305 e. The molecule has 1 aliphatic carbocycles. The van der Waals surface area contributed by atoms with E-state index in [0.717, 1.165) is 16.7 Å². The Labute approximate surface area is 251 Å². The Morgan fingerprint density at radius 1 is 0.907 bits per heavy atom. The van der Waals surface area contributed by atoms with Crippen LogP contribution in [0.3, 0.4) is 0 Å². The van der Waals surface area contributed by atoms with E-state index in [2.05, 4.69) is 10.6 Å². The van der Waals surface area contributed by atoms with Gasteiger partial charge in [-0.1, -0.05) is 66.7 Å². The van der Waals surface area contributed by atoms with Gasteiger partial charge in [0.05, 0.1) is 30.4 Å². The van der Waals surface area contributed by atoms with E-state index in [1.165, 1.54) is 7.11 Å². The van der Waals surface area contributed by atoms with Crippen LogP contribution in [0, 0.1) is 0 Å². The molecule has 224 valence electrons. The fraction of sp³-hybridized carbons (Fsp3) is 0.353. The number of carboxylic acid groups (broad SMARTS) is 1. The van der Waals surface area contributed by atoms with Crippen LogP contribution in [-0.4, -0.2) is 66.5 Å². The topological polar surface area (TPSA) is 125 Å². The van der Waals surface area contributed by atoms with E-state index >= 15 is 0 Å². The van der Waals surface area contributed by atoms with Crippen LogP contribution < -0.4 is 15.4 Å². The van der Waals surface area contributed by atoms with Crippen LogP contribution in [-0.2, 0) is 19.8 Å². The molecule has 1 fully saturated rings. The zero-order valence-electron chi connectivity index (χ0n) is 24.3. The van der Waals surface area contributed by atoms with Crippen molar-refractivity contribution in [1.29, 1.82) is 0 Å². The minimum absolute atomic E-state index is 0.0231. The van der Waals surface area contributed by atoms with Gasteiger partial charge in [-0.2, -0.15) is 0 Å². The number of likely N-dealkylation sites (tertiary alicyclic amines) is 1. The van der Waals surface area contributed by atoms with E-state index in [0.29, 0.717) is 50.1 Å². The molecule has 3 aromatic rings. The van der Waals surface area contributed by atoms with Crippen LogP contribution in [0.25, 0.3) is 0 Å². The molecule has 1 heterocycles. The van der Waals surface area contributed by atoms with Crippen molar-refractivity contribution in [1.82, 2.24) is 15.5 Å². The number of ether oxygens (including phenoxy) is 1. The van der Waals surface area contributed by atoms with Crippen LogP contribution in [0.15, 0.2) is 78.9 Å². The number of hydrogen-bond acceptors (Lipinski definition) is 5. The molecular weight excluding hydrogens is 546 g/mol. The first-order valence-electron chi connectivity index (χ1n) is 14.7. The molecule has 0 spiro atoms. The number of carbonyl (C=O) groups excluding carboxylic acids is 3. The zero-order chi connectivity index (χ0) is 30.4. The van der Waals surface area contributed by atoms with Crippen molar-refractivity contribution >= 4 is 23.7 Å². The number of nitrogens with zero attached hydrogens (tertiary/aromatic N) is 1. The third kappa shape index (κ3) is 6.11. The maximum absolute atomic E-state index is 14.0. The van der Waals surface area contributed by atoms with E-state index < -0.39 is 17.3 Å². The second kappa shape index (κ2) is 13.1. The first-order valence-corrected chi connectivity index (χ1v) is 14.7. The van der Waals surface area contributed by atoms with Crippen LogP contribution >= 0.6 is 0 Å². The highest BCUT2D eigenvalue weighted by Gasteiger charge is 2.48. The fourth-order valence-electron chi connectivity index (χ4n) is 6.48. The number of hydrogen-bond donors (Lipinski definition) is 3. The van der Waals surface area contributed by atoms with Gasteiger partial charge in [-0.25, -0.2) is 0 Å². The molecule has 0 aromatic heterocycles. The summed E-state index contributed by atoms with van der Waals surface area (Å²) < 4.78 is 5.32. The highest BCUT2D eigenvalue weighted by atomic mass is 16.5. The Hall–Kier alpha value is -4.66. The summed E-state index contributed by atoms with van der Waals surface area (Å²) in [5, 5.41) is 15.1. The normalized spacial score (nSPS) is 20.0. The van der Waals surface area contributed by atoms with Crippen molar-refractivity contribution < 1.29 is 29.0 Å². The molecule has 1 aliphatic heterocycles. The van der Waals surface area contributed by atoms with Crippen molar-refractivity contribution in [2.75, 3.05) is 26.7 Å². The highest BCUT2D eigenvalue weighted by molar-refractivity contribution is 5.97. The van der Waals surface area contributed by atoms with E-state index in [4.69, 9.17) is 9.84 Å². The Morgan fingerprint density at radius 3 is 2.30 bits per heavy atom. The minimum atomic E-state index is -1.04. The lowest BCUT2D eigenvalue weighted by molar-refractivity contribution is -0.137. The average Bonchev–Trinajstić information content (AvgIpc) is 3.04. The quantitative estimate of drug-likeness (QED) is 0.351. The van der Waals surface area contributed by atoms with Gasteiger partial charge in [0.15, 0.2) is 0 Å². The molecule has 1 saturated heterocycles. The summed E-state index contributed by atoms with van der Waals surface area (Å²) in [6, 6.07) is 24.2. The number of fused-ring (bicyclic) bond motifs is 1. The maximum Gasteiger partial charge on any atom is 0.305 e. The number of carbonyl (C=O) groups is 4. The molecule has 5 rings (SSSR count). The van der Waals surface area contributed by atoms with Crippen molar-refractivity contribution in [3.63, 3.8) is 0 Å². The second-order valence-electron chi connectivity index (χ2n) is 11.1. The summed E-state index contributed by atoms with van der Waals surface area (Å²) in [6.45, 7) is 1.07. The zero-order valence-corrected chi connectivity index (χ0v) is 24.3. The molecule has 3 N–H and O–H groups in total. The lowest BCUT2D eigenvalue weighted by Gasteiger charge is -2.42. The van der Waals surface area contributed by atoms with Gasteiger partial charge in [-0.05, 0) is 54.5 Å². The van der Waals surface area contributed by atoms with Gasteiger partial charge >= 0.3 is 5.97 Å². The Morgan fingerprint density at radius 2 is 1.58 bits per heavy atom. The molecule has 2 aliphatic rings. The minimum Gasteiger partial charge on any atom is -0.496 e. The molecule has 0 bridgehead atoms. The van der Waals surface area contributed by atoms with E-state index in [-0.39, 0.29) is 36.7 Å². The van der Waals surface area contributed by atoms with E-state index in [1.807, 2.05) is 65.6 Å². The number of methoxy groups -OCH3 is 1. The number of nitrogens with one attached hydrogen (secondary N) is 2. The van der Waals surface area contributed by atoms with Gasteiger partial charge in [-0.3, -0.25) is 19.2 Å². The van der Waals surface area contributed by atoms with Crippen LogP contribution in [0.4, 0.5) is 0 Å². The Kier molecular flexibility index (Phi) is 9.09. The molecule has 9 heteroatoms. The summed E-state index contributed by atoms with van der Waals surface area (Å²) in [5.74, 6) is -1.29. The Bertz CT molecular complexity index is 1480. The van der Waals surface area contributed by atoms with Gasteiger partial charge in [0.2, 0.25) is 11.8 Å². The summed E-state index contributed by atoms with van der Waals surface area (Å²) >= 11 is 0. The number of benzene rings is 3. The van der Waals surface area contributed by atoms with Gasteiger partial charge in [-0.15, -0.1) is 0 Å². The third-order valence-corrected chi connectivity index (χ3v) is 8.67. The lowest BCUT2D eigenvalue weighted by Crippen LogP contribution is -2.51. The average molecular weight is 584 g/mol. The van der Waals surface area contributed by atoms with E-state index in [1.54, 1.807) is 18.2 Å². The van der Waals surface area contributed by atoms with Gasteiger partial charge in [0.25, 0.3) is 5.91 Å². The number of piperidine rings is 1. The highest BCUT2D eigenvalue weighted by Crippen LogP contribution is 2.48. The van der Waals surface area contributed by atoms with Crippen molar-refractivity contribution in [3.05, 3.63) is 101 Å². The summed E-state index contributed by atoms with van der Waals surface area (Å²) in [5.41, 5.74) is 1.85. The molecule has 3 amide bonds. The number of carboxylic acids is 1. The third-order valence-electron chi connectivity index (χ3n) is 8.67. The van der Waals surface area contributed by atoms with E-state index in [9.17, 15) is 19.2 Å². The second-order valence-corrected chi connectivity index (χ2v) is 11.1. The molecule has 0 unspecified atom stereocenters. The largest absolute Gasteiger partial charge is 0.496 e. The number of aliphatic carboxylic acids is 1. The van der Waals surface area contributed by atoms with Crippen LogP contribution in [0.2, 0.25) is 0 Å². The van der Waals surface area contributed by atoms with Crippen LogP contribution in [0.1, 0.15) is 65.1 Å². The molecular formula is C34H37N3O6. The molecule has 9 nitrogen and oxygen atoms in total. The van der Waals surface area contributed by atoms with Crippen LogP contribution in [0.5, 0.6) is 5.75 Å². The number of para-hydroxylation sites is 1. The monoisotopic (exact) mass is 583 g/mol. The number of amides is 3. The molecule has 0 saturated carbocycles. The number of rotatable bonds is 9. The molecule has 3 aromatic carbocycles. The summed E-state index contributed by atoms with van der Waals surface area (Å²) in [6.07, 6.45) is 1.99. The van der Waals surface area contributed by atoms with Crippen molar-refractivity contribution in [2.24, 2.45) is 0 Å². The van der Waals surface area contributed by atoms with Crippen molar-refractivity contribution in [2.45, 2.75) is 49.5 Å². The predicted octanol–water partition coefficient (Wildman–Crippen LogP) is 3.87. The van der Waals surface area contributed by atoms with Gasteiger partial charge in [0.1, 0.15) is 5.75 Å². The Balaban J connectivity index is 1.33. The lowest BCUT2D eigenvalue weighted by atomic mass is 9.62. The van der Waals surface area contributed by atoms with Crippen molar-refractivity contribution in [3.8, 4) is 5.75 Å². The fourth-order valence-corrected chi connectivity index (χ4v) is 6.48.